The average Bonchev–Trinajstić information content (AvgIpc) is 1.60. The van der Waals surface area contributed by atoms with Gasteiger partial charge in [-0.15, -0.1) is 0 Å². The van der Waals surface area contributed by atoms with Gasteiger partial charge in [0, 0.05) is 0 Å². The van der Waals surface area contributed by atoms with Crippen LogP contribution >= 0.6 is 0 Å². The fourth-order valence-electron chi connectivity index (χ4n) is 0.571. The molecule has 0 aliphatic heterocycles. The average molecular weight is 169 g/mol. The molecule has 0 aliphatic rings. The van der Waals surface area contributed by atoms with Gasteiger partial charge >= 0.3 is 0 Å². The van der Waals surface area contributed by atoms with Gasteiger partial charge in [0.2, 0.25) is 5.44 Å². The Hall–Kier alpha value is -0.170. The first-order valence-electron chi connectivity index (χ1n) is 2.71. The molecule has 5 nitrogen and oxygen atoms in total. The Labute approximate surface area is 59.9 Å². The highest BCUT2D eigenvalue weighted by Gasteiger charge is 2.26. The monoisotopic (exact) mass is 169 g/mol. The SMILES string of the molecule is CC(C)C(ON)S(=O)(=O)O. The van der Waals surface area contributed by atoms with Gasteiger partial charge in [0.1, 0.15) is 0 Å². The second-order valence-corrected chi connectivity index (χ2v) is 3.76. The van der Waals surface area contributed by atoms with Crippen LogP contribution in [-0.2, 0) is 15.0 Å². The zero-order valence-electron chi connectivity index (χ0n) is 5.81. The van der Waals surface area contributed by atoms with E-state index in [1.165, 1.54) is 0 Å². The minimum absolute atomic E-state index is 0.361. The predicted octanol–water partition coefficient (Wildman–Crippen LogP) is -0.253. The van der Waals surface area contributed by atoms with Gasteiger partial charge in [-0.1, -0.05) is 13.8 Å². The summed E-state index contributed by atoms with van der Waals surface area (Å²) < 4.78 is 29.1. The molecule has 0 saturated carbocycles. The molecule has 1 unspecified atom stereocenters. The second kappa shape index (κ2) is 3.29. The van der Waals surface area contributed by atoms with Crippen LogP contribution in [0, 0.1) is 5.92 Å². The van der Waals surface area contributed by atoms with E-state index in [0.717, 1.165) is 0 Å². The molecule has 0 aliphatic carbocycles. The van der Waals surface area contributed by atoms with Crippen molar-refractivity contribution in [2.24, 2.45) is 11.8 Å². The normalized spacial score (nSPS) is 15.7. The van der Waals surface area contributed by atoms with E-state index in [0.29, 0.717) is 0 Å². The quantitative estimate of drug-likeness (QED) is 0.449. The maximum absolute atomic E-state index is 10.4. The molecule has 0 rings (SSSR count). The number of nitrogens with two attached hydrogens (primary N) is 1. The topological polar surface area (TPSA) is 89.6 Å². The van der Waals surface area contributed by atoms with E-state index in [1.807, 2.05) is 0 Å². The molecule has 0 heterocycles. The fraction of sp³-hybridized carbons (Fsp3) is 1.00. The third-order valence-electron chi connectivity index (χ3n) is 0.972. The Bertz CT molecular complexity index is 185. The molecule has 0 aromatic carbocycles. The summed E-state index contributed by atoms with van der Waals surface area (Å²) in [5.41, 5.74) is -1.33. The standard InChI is InChI=1S/C4H11NO4S/c1-3(2)4(9-5)10(6,7)8/h3-4H,5H2,1-2H3,(H,6,7,8). The van der Waals surface area contributed by atoms with Crippen LogP contribution in [-0.4, -0.2) is 18.4 Å². The molecular weight excluding hydrogens is 158 g/mol. The molecular formula is C4H11NO4S. The van der Waals surface area contributed by atoms with Crippen LogP contribution in [0.4, 0.5) is 0 Å². The molecule has 0 fully saturated rings. The van der Waals surface area contributed by atoms with Crippen molar-refractivity contribution in [1.29, 1.82) is 0 Å². The van der Waals surface area contributed by atoms with E-state index in [9.17, 15) is 8.42 Å². The lowest BCUT2D eigenvalue weighted by Gasteiger charge is -2.13. The first-order valence-corrected chi connectivity index (χ1v) is 4.21. The van der Waals surface area contributed by atoms with Gasteiger partial charge in [-0.05, 0) is 5.92 Å². The van der Waals surface area contributed by atoms with E-state index < -0.39 is 15.6 Å². The van der Waals surface area contributed by atoms with Crippen molar-refractivity contribution in [1.82, 2.24) is 0 Å². The third-order valence-corrected chi connectivity index (χ3v) is 2.21. The maximum atomic E-state index is 10.4. The molecule has 0 spiro atoms. The van der Waals surface area contributed by atoms with Gasteiger partial charge in [-0.3, -0.25) is 9.39 Å². The van der Waals surface area contributed by atoms with Crippen LogP contribution in [0.5, 0.6) is 0 Å². The molecule has 0 bridgehead atoms. The molecule has 3 N–H and O–H groups in total. The lowest BCUT2D eigenvalue weighted by atomic mass is 10.2. The Morgan fingerprint density at radius 1 is 1.50 bits per heavy atom. The van der Waals surface area contributed by atoms with E-state index in [-0.39, 0.29) is 5.92 Å². The smallest absolute Gasteiger partial charge is 0.283 e. The summed E-state index contributed by atoms with van der Waals surface area (Å²) in [5, 5.41) is 0. The maximum Gasteiger partial charge on any atom is 0.294 e. The van der Waals surface area contributed by atoms with E-state index >= 15 is 0 Å². The summed E-state index contributed by atoms with van der Waals surface area (Å²) in [6.07, 6.45) is 0. The van der Waals surface area contributed by atoms with Gasteiger partial charge < -0.3 is 0 Å². The first-order chi connectivity index (χ1) is 4.39. The van der Waals surface area contributed by atoms with Crippen molar-refractivity contribution in [3.63, 3.8) is 0 Å². The highest BCUT2D eigenvalue weighted by atomic mass is 32.2. The van der Waals surface area contributed by atoms with Crippen molar-refractivity contribution < 1.29 is 17.8 Å². The van der Waals surface area contributed by atoms with Crippen LogP contribution in [0.1, 0.15) is 13.8 Å². The summed E-state index contributed by atoms with van der Waals surface area (Å²) in [5.74, 6) is 4.26. The number of hydrogen-bond donors (Lipinski definition) is 2. The zero-order chi connectivity index (χ0) is 8.36. The van der Waals surface area contributed by atoms with Crippen molar-refractivity contribution in [2.45, 2.75) is 19.3 Å². The van der Waals surface area contributed by atoms with Crippen molar-refractivity contribution >= 4 is 10.1 Å². The minimum atomic E-state index is -4.16. The van der Waals surface area contributed by atoms with Gasteiger partial charge in [0.15, 0.2) is 0 Å². The van der Waals surface area contributed by atoms with E-state index in [2.05, 4.69) is 10.7 Å². The second-order valence-electron chi connectivity index (χ2n) is 2.26. The van der Waals surface area contributed by atoms with Gasteiger partial charge in [-0.2, -0.15) is 8.42 Å². The molecule has 0 aromatic rings. The van der Waals surface area contributed by atoms with Gasteiger partial charge in [0.25, 0.3) is 10.1 Å². The Balaban J connectivity index is 4.38. The van der Waals surface area contributed by atoms with Gasteiger partial charge in [0.05, 0.1) is 0 Å². The molecule has 6 heteroatoms. The van der Waals surface area contributed by atoms with Crippen LogP contribution in [0.25, 0.3) is 0 Å². The Kier molecular flexibility index (Phi) is 3.23. The lowest BCUT2D eigenvalue weighted by Crippen LogP contribution is -2.31. The fourth-order valence-corrected chi connectivity index (χ4v) is 1.40. The molecule has 1 atom stereocenters. The van der Waals surface area contributed by atoms with Crippen molar-refractivity contribution in [3.05, 3.63) is 0 Å². The van der Waals surface area contributed by atoms with Crippen molar-refractivity contribution in [2.75, 3.05) is 0 Å². The first kappa shape index (κ1) is 9.83. The highest BCUT2D eigenvalue weighted by molar-refractivity contribution is 7.86. The number of hydrogen-bond acceptors (Lipinski definition) is 4. The lowest BCUT2D eigenvalue weighted by molar-refractivity contribution is 0.0712. The summed E-state index contributed by atoms with van der Waals surface area (Å²) in [6, 6.07) is 0. The minimum Gasteiger partial charge on any atom is -0.283 e. The van der Waals surface area contributed by atoms with Crippen LogP contribution < -0.4 is 5.90 Å². The Morgan fingerprint density at radius 3 is 1.90 bits per heavy atom. The molecule has 0 saturated heterocycles. The molecule has 0 aromatic heterocycles. The summed E-state index contributed by atoms with van der Waals surface area (Å²) in [4.78, 5) is 4.04. The zero-order valence-corrected chi connectivity index (χ0v) is 6.63. The Morgan fingerprint density at radius 2 is 1.90 bits per heavy atom. The molecule has 10 heavy (non-hydrogen) atoms. The molecule has 62 valence electrons. The van der Waals surface area contributed by atoms with Crippen LogP contribution in [0.2, 0.25) is 0 Å². The van der Waals surface area contributed by atoms with E-state index in [1.54, 1.807) is 13.8 Å². The predicted molar refractivity (Wildman–Crippen MR) is 35.4 cm³/mol. The third kappa shape index (κ3) is 2.61. The molecule has 0 radical (unpaired) electrons. The molecule has 0 amide bonds. The summed E-state index contributed by atoms with van der Waals surface area (Å²) in [6.45, 7) is 3.15. The summed E-state index contributed by atoms with van der Waals surface area (Å²) >= 11 is 0. The van der Waals surface area contributed by atoms with Crippen molar-refractivity contribution in [3.8, 4) is 0 Å². The van der Waals surface area contributed by atoms with Gasteiger partial charge in [-0.25, -0.2) is 5.90 Å². The number of rotatable bonds is 3. The highest BCUT2D eigenvalue weighted by Crippen LogP contribution is 2.09. The van der Waals surface area contributed by atoms with E-state index in [4.69, 9.17) is 4.55 Å². The van der Waals surface area contributed by atoms with Crippen LogP contribution in [0.3, 0.4) is 0 Å². The largest absolute Gasteiger partial charge is 0.294 e. The summed E-state index contributed by atoms with van der Waals surface area (Å²) in [7, 11) is -4.16. The van der Waals surface area contributed by atoms with Crippen LogP contribution in [0.15, 0.2) is 0 Å².